The number of halogens is 3. The van der Waals surface area contributed by atoms with Crippen LogP contribution in [0.15, 0.2) is 24.3 Å². The number of benzene rings is 1. The highest BCUT2D eigenvalue weighted by Gasteiger charge is 2.39. The topological polar surface area (TPSA) is 40.5 Å². The SMILES string of the molecule is O=C(O)C[C@@H]1CC[C@@H](N(CCC2CCCCC2)C2CCCCCC2)[C@H](c2ccc(C(F)(F)F)cc2)C1. The predicted molar refractivity (Wildman–Crippen MR) is 137 cm³/mol. The Morgan fingerprint density at radius 2 is 1.44 bits per heavy atom. The highest BCUT2D eigenvalue weighted by molar-refractivity contribution is 5.67. The highest BCUT2D eigenvalue weighted by atomic mass is 19.4. The molecule has 3 aliphatic carbocycles. The van der Waals surface area contributed by atoms with Crippen molar-refractivity contribution < 1.29 is 23.1 Å². The number of alkyl halides is 3. The summed E-state index contributed by atoms with van der Waals surface area (Å²) in [5, 5.41) is 9.45. The minimum Gasteiger partial charge on any atom is -0.481 e. The number of carboxylic acids is 1. The molecule has 3 fully saturated rings. The lowest BCUT2D eigenvalue weighted by atomic mass is 9.72. The van der Waals surface area contributed by atoms with Crippen LogP contribution >= 0.6 is 0 Å². The van der Waals surface area contributed by atoms with Crippen molar-refractivity contribution in [2.75, 3.05) is 6.54 Å². The molecule has 1 N–H and O–H groups in total. The van der Waals surface area contributed by atoms with E-state index in [2.05, 4.69) is 4.90 Å². The third-order valence-corrected chi connectivity index (χ3v) is 9.29. The number of carboxylic acid groups (broad SMARTS) is 1. The quantitative estimate of drug-likeness (QED) is 0.359. The first-order valence-corrected chi connectivity index (χ1v) is 14.5. The lowest BCUT2D eigenvalue weighted by Crippen LogP contribution is -2.49. The number of hydrogen-bond acceptors (Lipinski definition) is 2. The molecule has 0 radical (unpaired) electrons. The zero-order chi connectivity index (χ0) is 25.5. The van der Waals surface area contributed by atoms with Crippen LogP contribution in [0.25, 0.3) is 0 Å². The number of rotatable bonds is 8. The van der Waals surface area contributed by atoms with Crippen LogP contribution in [0.3, 0.4) is 0 Å². The largest absolute Gasteiger partial charge is 0.481 e. The van der Waals surface area contributed by atoms with Crippen molar-refractivity contribution in [1.82, 2.24) is 4.90 Å². The molecule has 3 nitrogen and oxygen atoms in total. The molecule has 0 saturated heterocycles. The number of nitrogens with zero attached hydrogens (tertiary/aromatic N) is 1. The van der Waals surface area contributed by atoms with Crippen molar-refractivity contribution in [1.29, 1.82) is 0 Å². The van der Waals surface area contributed by atoms with Crippen LogP contribution in [0.2, 0.25) is 0 Å². The molecular weight excluding hydrogens is 463 g/mol. The van der Waals surface area contributed by atoms with Gasteiger partial charge in [-0.15, -0.1) is 0 Å². The van der Waals surface area contributed by atoms with Crippen molar-refractivity contribution in [3.8, 4) is 0 Å². The summed E-state index contributed by atoms with van der Waals surface area (Å²) < 4.78 is 39.8. The fourth-order valence-corrected chi connectivity index (χ4v) is 7.36. The second kappa shape index (κ2) is 12.8. The van der Waals surface area contributed by atoms with Crippen molar-refractivity contribution in [3.63, 3.8) is 0 Å². The van der Waals surface area contributed by atoms with E-state index in [4.69, 9.17) is 0 Å². The zero-order valence-corrected chi connectivity index (χ0v) is 21.7. The van der Waals surface area contributed by atoms with Crippen molar-refractivity contribution in [3.05, 3.63) is 35.4 Å². The van der Waals surface area contributed by atoms with Gasteiger partial charge >= 0.3 is 12.1 Å². The van der Waals surface area contributed by atoms with E-state index >= 15 is 0 Å². The van der Waals surface area contributed by atoms with E-state index in [0.29, 0.717) is 6.04 Å². The molecule has 0 unspecified atom stereocenters. The Bertz CT molecular complexity index is 810. The van der Waals surface area contributed by atoms with E-state index in [9.17, 15) is 23.1 Å². The maximum atomic E-state index is 13.3. The summed E-state index contributed by atoms with van der Waals surface area (Å²) in [6, 6.07) is 6.57. The van der Waals surface area contributed by atoms with Gasteiger partial charge in [0.2, 0.25) is 0 Å². The van der Waals surface area contributed by atoms with E-state index in [1.54, 1.807) is 12.1 Å². The molecule has 6 heteroatoms. The van der Waals surface area contributed by atoms with Gasteiger partial charge in [-0.1, -0.05) is 69.9 Å². The second-order valence-corrected chi connectivity index (χ2v) is 11.7. The highest BCUT2D eigenvalue weighted by Crippen LogP contribution is 2.43. The molecule has 3 aliphatic rings. The Hall–Kier alpha value is -1.56. The van der Waals surface area contributed by atoms with Gasteiger partial charge in [-0.2, -0.15) is 13.2 Å². The van der Waals surface area contributed by atoms with E-state index < -0.39 is 17.7 Å². The Morgan fingerprint density at radius 1 is 0.833 bits per heavy atom. The van der Waals surface area contributed by atoms with Crippen LogP contribution < -0.4 is 0 Å². The summed E-state index contributed by atoms with van der Waals surface area (Å²) in [5.74, 6) is 0.183. The molecule has 3 atom stereocenters. The average Bonchev–Trinajstić information content (AvgIpc) is 3.14. The van der Waals surface area contributed by atoms with E-state index in [1.807, 2.05) is 0 Å². The monoisotopic (exact) mass is 507 g/mol. The van der Waals surface area contributed by atoms with Gasteiger partial charge in [-0.25, -0.2) is 0 Å². The van der Waals surface area contributed by atoms with Gasteiger partial charge in [-0.05, 0) is 80.5 Å². The van der Waals surface area contributed by atoms with Gasteiger partial charge in [-0.3, -0.25) is 9.69 Å². The third-order valence-electron chi connectivity index (χ3n) is 9.29. The summed E-state index contributed by atoms with van der Waals surface area (Å²) in [6.07, 6.45) is 13.8. The van der Waals surface area contributed by atoms with Crippen LogP contribution in [0.5, 0.6) is 0 Å². The maximum absolute atomic E-state index is 13.3. The molecular formula is C30H44F3NO2. The third kappa shape index (κ3) is 7.49. The van der Waals surface area contributed by atoms with Gasteiger partial charge in [0.1, 0.15) is 0 Å². The van der Waals surface area contributed by atoms with Crippen molar-refractivity contribution >= 4 is 5.97 Å². The van der Waals surface area contributed by atoms with E-state index in [-0.39, 0.29) is 24.3 Å². The lowest BCUT2D eigenvalue weighted by Gasteiger charge is -2.46. The molecule has 0 amide bonds. The summed E-state index contributed by atoms with van der Waals surface area (Å²) in [4.78, 5) is 14.3. The van der Waals surface area contributed by atoms with Gasteiger partial charge in [0.25, 0.3) is 0 Å². The minimum atomic E-state index is -4.34. The molecule has 1 aromatic carbocycles. The second-order valence-electron chi connectivity index (χ2n) is 11.7. The fraction of sp³-hybridized carbons (Fsp3) is 0.767. The molecule has 0 aromatic heterocycles. The first kappa shape index (κ1) is 27.5. The lowest BCUT2D eigenvalue weighted by molar-refractivity contribution is -0.139. The Kier molecular flexibility index (Phi) is 9.77. The normalized spacial score (nSPS) is 27.2. The molecule has 36 heavy (non-hydrogen) atoms. The van der Waals surface area contributed by atoms with Gasteiger partial charge in [0.15, 0.2) is 0 Å². The maximum Gasteiger partial charge on any atom is 0.416 e. The van der Waals surface area contributed by atoms with Crippen LogP contribution in [0.1, 0.15) is 120 Å². The fourth-order valence-electron chi connectivity index (χ4n) is 7.36. The molecule has 0 spiro atoms. The summed E-state index contributed by atoms with van der Waals surface area (Å²) in [5.41, 5.74) is 0.331. The Morgan fingerprint density at radius 3 is 2.06 bits per heavy atom. The smallest absolute Gasteiger partial charge is 0.416 e. The van der Waals surface area contributed by atoms with Crippen molar-refractivity contribution in [2.45, 2.75) is 127 Å². The van der Waals surface area contributed by atoms with Crippen LogP contribution in [-0.2, 0) is 11.0 Å². The first-order valence-electron chi connectivity index (χ1n) is 14.5. The molecule has 1 aromatic rings. The van der Waals surface area contributed by atoms with Gasteiger partial charge < -0.3 is 5.11 Å². The van der Waals surface area contributed by atoms with Gasteiger partial charge in [0, 0.05) is 18.5 Å². The van der Waals surface area contributed by atoms with Crippen LogP contribution in [0, 0.1) is 11.8 Å². The van der Waals surface area contributed by atoms with Gasteiger partial charge in [0.05, 0.1) is 5.56 Å². The summed E-state index contributed by atoms with van der Waals surface area (Å²) in [6.45, 7) is 1.07. The molecule has 4 rings (SSSR count). The molecule has 0 bridgehead atoms. The number of aliphatic carboxylic acids is 1. The number of carbonyl (C=O) groups is 1. The predicted octanol–water partition coefficient (Wildman–Crippen LogP) is 8.43. The summed E-state index contributed by atoms with van der Waals surface area (Å²) >= 11 is 0. The molecule has 0 heterocycles. The van der Waals surface area contributed by atoms with Crippen LogP contribution in [-0.4, -0.2) is 34.6 Å². The average molecular weight is 508 g/mol. The summed E-state index contributed by atoms with van der Waals surface area (Å²) in [7, 11) is 0. The standard InChI is InChI=1S/C30H44F3NO2/c31-30(32,33)25-15-13-24(14-16-25)27-20-23(21-29(35)36)12-17-28(27)34(26-10-6-1-2-7-11-26)19-18-22-8-4-3-5-9-22/h13-16,22-23,26-28H,1-12,17-21H2,(H,35,36)/t23-,27+,28-/m1/s1. The Labute approximate surface area is 214 Å². The zero-order valence-electron chi connectivity index (χ0n) is 21.7. The van der Waals surface area contributed by atoms with E-state index in [0.717, 1.165) is 37.3 Å². The minimum absolute atomic E-state index is 0.0833. The van der Waals surface area contributed by atoms with Crippen molar-refractivity contribution in [2.24, 2.45) is 11.8 Å². The number of hydrogen-bond donors (Lipinski definition) is 1. The molecule has 202 valence electrons. The Balaban J connectivity index is 1.59. The molecule has 0 aliphatic heterocycles. The first-order chi connectivity index (χ1) is 17.3. The van der Waals surface area contributed by atoms with E-state index in [1.165, 1.54) is 89.2 Å². The van der Waals surface area contributed by atoms with Crippen LogP contribution in [0.4, 0.5) is 13.2 Å². The molecule has 3 saturated carbocycles.